The zero-order chi connectivity index (χ0) is 23.8. The number of alkyl halides is 5. The molecule has 13 heteroatoms. The lowest BCUT2D eigenvalue weighted by Crippen LogP contribution is -2.58. The van der Waals surface area contributed by atoms with Crippen molar-refractivity contribution in [1.29, 1.82) is 0 Å². The van der Waals surface area contributed by atoms with Crippen LogP contribution in [0.4, 0.5) is 27.8 Å². The third kappa shape index (κ3) is 5.22. The molecule has 33 heavy (non-hydrogen) atoms. The third-order valence-electron chi connectivity index (χ3n) is 5.87. The van der Waals surface area contributed by atoms with Crippen LogP contribution in [-0.4, -0.2) is 63.1 Å². The van der Waals surface area contributed by atoms with E-state index >= 15 is 8.78 Å². The van der Waals surface area contributed by atoms with Crippen molar-refractivity contribution in [2.24, 2.45) is 0 Å². The molecule has 2 atom stereocenters. The molecule has 3 aromatic rings. The number of piperidine rings is 1. The van der Waals surface area contributed by atoms with Crippen LogP contribution < -0.4 is 4.90 Å². The summed E-state index contributed by atoms with van der Waals surface area (Å²) in [5, 5.41) is 4.89. The average Bonchev–Trinajstić information content (AvgIpc) is 3.20. The van der Waals surface area contributed by atoms with Crippen molar-refractivity contribution in [3.05, 3.63) is 47.9 Å². The molecular weight excluding hydrogens is 577 g/mol. The molecule has 178 valence electrons. The minimum absolute atomic E-state index is 0.226. The lowest BCUT2D eigenvalue weighted by Gasteiger charge is -2.42. The summed E-state index contributed by atoms with van der Waals surface area (Å²) in [4.78, 5) is 11.6. The number of fused-ring (bicyclic) bond motifs is 1. The molecule has 1 aliphatic rings. The summed E-state index contributed by atoms with van der Waals surface area (Å²) in [5.74, 6) is -2.57. The summed E-state index contributed by atoms with van der Waals surface area (Å²) in [7, 11) is 1.61. The van der Waals surface area contributed by atoms with Crippen LogP contribution in [0.25, 0.3) is 11.0 Å². The highest BCUT2D eigenvalue weighted by Crippen LogP contribution is 2.36. The van der Waals surface area contributed by atoms with Gasteiger partial charge < -0.3 is 4.90 Å². The van der Waals surface area contributed by atoms with Gasteiger partial charge in [0.1, 0.15) is 12.1 Å². The third-order valence-corrected chi connectivity index (χ3v) is 7.72. The van der Waals surface area contributed by atoms with Crippen LogP contribution in [0.2, 0.25) is 0 Å². The number of likely N-dealkylation sites (tertiary alicyclic amines) is 1. The Bertz CT molecular complexity index is 1110. The first-order valence-corrected chi connectivity index (χ1v) is 14.2. The second-order valence-corrected chi connectivity index (χ2v) is 10.0. The average molecular weight is 598 g/mol. The number of rotatable bonds is 6. The minimum atomic E-state index is -4.39. The van der Waals surface area contributed by atoms with Crippen molar-refractivity contribution in [1.82, 2.24) is 24.4 Å². The van der Waals surface area contributed by atoms with E-state index in [4.69, 9.17) is 0 Å². The van der Waals surface area contributed by atoms with Crippen molar-refractivity contribution in [3.63, 3.8) is 0 Å². The standard InChI is InChI=1S/C20H21F5IN6P/c1-30(17-15-10-29-32(33-26)18(15)28-12-27-17)16-7-9-31(11-19(16,21)22)8-6-13-2-4-14(5-3-13)20(23,24)25/h2-5,10,12,16,33H,6-9,11H2,1H3. The predicted molar refractivity (Wildman–Crippen MR) is 126 cm³/mol. The molecule has 0 aliphatic carbocycles. The SMILES string of the molecule is CN(c1ncnc2c1cnn2PI)C1CCN(CCc2ccc(C(F)(F)F)cc2)CC1(F)F. The molecule has 2 unspecified atom stereocenters. The topological polar surface area (TPSA) is 50.1 Å². The quantitative estimate of drug-likeness (QED) is 0.227. The van der Waals surface area contributed by atoms with Gasteiger partial charge in [-0.15, -0.1) is 0 Å². The Morgan fingerprint density at radius 3 is 2.58 bits per heavy atom. The maximum absolute atomic E-state index is 15.2. The molecule has 1 aliphatic heterocycles. The monoisotopic (exact) mass is 598 g/mol. The van der Waals surface area contributed by atoms with Crippen LogP contribution in [0, 0.1) is 0 Å². The summed E-state index contributed by atoms with van der Waals surface area (Å²) < 4.78 is 70.1. The maximum Gasteiger partial charge on any atom is 0.416 e. The van der Waals surface area contributed by atoms with Crippen molar-refractivity contribution in [3.8, 4) is 0 Å². The Kier molecular flexibility index (Phi) is 7.07. The van der Waals surface area contributed by atoms with E-state index in [1.54, 1.807) is 22.6 Å². The second-order valence-electron chi connectivity index (χ2n) is 7.97. The van der Waals surface area contributed by atoms with Gasteiger partial charge in [0, 0.05) is 20.1 Å². The van der Waals surface area contributed by atoms with E-state index in [1.165, 1.54) is 23.4 Å². The molecular formula is C20H21F5IN6P. The Morgan fingerprint density at radius 2 is 1.94 bits per heavy atom. The number of aromatic nitrogens is 4. The number of hydrogen-bond acceptors (Lipinski definition) is 5. The Balaban J connectivity index is 1.41. The lowest BCUT2D eigenvalue weighted by atomic mass is 9.98. The van der Waals surface area contributed by atoms with Gasteiger partial charge in [-0.1, -0.05) is 12.1 Å². The van der Waals surface area contributed by atoms with E-state index < -0.39 is 30.2 Å². The van der Waals surface area contributed by atoms with Gasteiger partial charge in [0.15, 0.2) is 5.65 Å². The van der Waals surface area contributed by atoms with Gasteiger partial charge in [0.25, 0.3) is 5.92 Å². The molecule has 1 fully saturated rings. The van der Waals surface area contributed by atoms with Crippen molar-refractivity contribution < 1.29 is 22.0 Å². The summed E-state index contributed by atoms with van der Waals surface area (Å²) in [6.45, 7) is 0.373. The molecule has 0 spiro atoms. The van der Waals surface area contributed by atoms with Crippen LogP contribution >= 0.6 is 28.4 Å². The van der Waals surface area contributed by atoms with E-state index in [-0.39, 0.29) is 6.42 Å². The number of benzene rings is 1. The van der Waals surface area contributed by atoms with E-state index in [0.29, 0.717) is 48.3 Å². The number of anilines is 1. The van der Waals surface area contributed by atoms with Gasteiger partial charge in [-0.2, -0.15) is 18.3 Å². The van der Waals surface area contributed by atoms with Crippen LogP contribution in [-0.2, 0) is 12.6 Å². The lowest BCUT2D eigenvalue weighted by molar-refractivity contribution is -0.137. The number of halogens is 6. The molecule has 0 bridgehead atoms. The maximum atomic E-state index is 15.2. The molecule has 4 rings (SSSR count). The summed E-state index contributed by atoms with van der Waals surface area (Å²) in [5.41, 5.74) is 0.573. The van der Waals surface area contributed by atoms with Gasteiger partial charge in [0.05, 0.1) is 36.1 Å². The smallest absolute Gasteiger partial charge is 0.350 e. The Labute approximate surface area is 201 Å². The minimum Gasteiger partial charge on any atom is -0.350 e. The van der Waals surface area contributed by atoms with Crippen molar-refractivity contribution >= 4 is 45.3 Å². The van der Waals surface area contributed by atoms with Crippen molar-refractivity contribution in [2.75, 3.05) is 31.6 Å². The van der Waals surface area contributed by atoms with Gasteiger partial charge in [0.2, 0.25) is 0 Å². The predicted octanol–water partition coefficient (Wildman–Crippen LogP) is 5.03. The van der Waals surface area contributed by atoms with E-state index in [0.717, 1.165) is 12.1 Å². The van der Waals surface area contributed by atoms with E-state index in [9.17, 15) is 13.2 Å². The first-order valence-electron chi connectivity index (χ1n) is 10.1. The molecule has 3 heterocycles. The van der Waals surface area contributed by atoms with Crippen LogP contribution in [0.3, 0.4) is 0 Å². The van der Waals surface area contributed by atoms with Gasteiger partial charge in [-0.3, -0.25) is 4.90 Å². The fourth-order valence-corrected chi connectivity index (χ4v) is 5.56. The molecule has 0 N–H and O–H groups in total. The van der Waals surface area contributed by atoms with E-state index in [1.807, 2.05) is 0 Å². The zero-order valence-corrected chi connectivity index (χ0v) is 20.7. The molecule has 2 aromatic heterocycles. The largest absolute Gasteiger partial charge is 0.416 e. The van der Waals surface area contributed by atoms with Crippen LogP contribution in [0.5, 0.6) is 0 Å². The van der Waals surface area contributed by atoms with Crippen LogP contribution in [0.15, 0.2) is 36.8 Å². The number of hydrogen-bond donors (Lipinski definition) is 0. The fourth-order valence-electron chi connectivity index (χ4n) is 4.14. The van der Waals surface area contributed by atoms with Gasteiger partial charge >= 0.3 is 6.18 Å². The van der Waals surface area contributed by atoms with Gasteiger partial charge in [-0.25, -0.2) is 23.2 Å². The molecule has 0 saturated carbocycles. The Morgan fingerprint density at radius 1 is 1.21 bits per heavy atom. The molecule has 0 radical (unpaired) electrons. The van der Waals surface area contributed by atoms with Crippen LogP contribution in [0.1, 0.15) is 17.5 Å². The Hall–Kier alpha value is -1.66. The molecule has 1 saturated heterocycles. The first-order chi connectivity index (χ1) is 15.6. The highest BCUT2D eigenvalue weighted by atomic mass is 127. The normalized spacial score (nSPS) is 19.5. The molecule has 0 amide bonds. The summed E-state index contributed by atoms with van der Waals surface area (Å²) in [6.07, 6.45) is -0.470. The zero-order valence-electron chi connectivity index (χ0n) is 17.5. The highest BCUT2D eigenvalue weighted by molar-refractivity contribution is 14.2. The number of nitrogens with zero attached hydrogens (tertiary/aromatic N) is 6. The highest BCUT2D eigenvalue weighted by Gasteiger charge is 2.47. The first kappa shape index (κ1) is 24.5. The summed E-state index contributed by atoms with van der Waals surface area (Å²) in [6, 6.07) is 3.81. The van der Waals surface area contributed by atoms with Crippen molar-refractivity contribution in [2.45, 2.75) is 31.0 Å². The van der Waals surface area contributed by atoms with Gasteiger partial charge in [-0.05, 0) is 52.6 Å². The fraction of sp³-hybridized carbons (Fsp3) is 0.450. The van der Waals surface area contributed by atoms with E-state index in [2.05, 4.69) is 37.1 Å². The molecule has 6 nitrogen and oxygen atoms in total. The summed E-state index contributed by atoms with van der Waals surface area (Å²) >= 11 is 2.17. The molecule has 1 aromatic carbocycles. The second kappa shape index (κ2) is 9.53.